The zero-order valence-corrected chi connectivity index (χ0v) is 14.5. The summed E-state index contributed by atoms with van der Waals surface area (Å²) in [6.45, 7) is 3.39. The molecular formula is C17H28N2O2S. The van der Waals surface area contributed by atoms with Crippen molar-refractivity contribution < 1.29 is 8.42 Å². The Morgan fingerprint density at radius 1 is 1.14 bits per heavy atom. The Labute approximate surface area is 135 Å². The maximum absolute atomic E-state index is 12.2. The van der Waals surface area contributed by atoms with Crippen molar-refractivity contribution in [2.75, 3.05) is 20.1 Å². The maximum atomic E-state index is 12.2. The molecule has 124 valence electrons. The average Bonchev–Trinajstić information content (AvgIpc) is 2.52. The SMILES string of the molecule is Cc1ccc(S(=O)(=O)NCCCN(C)C2CCCCC2)cc1. The number of nitrogens with zero attached hydrogens (tertiary/aromatic N) is 1. The Morgan fingerprint density at radius 2 is 1.77 bits per heavy atom. The van der Waals surface area contributed by atoms with E-state index >= 15 is 0 Å². The molecule has 1 fully saturated rings. The van der Waals surface area contributed by atoms with Gasteiger partial charge in [-0.05, 0) is 51.9 Å². The normalized spacial score (nSPS) is 17.0. The van der Waals surface area contributed by atoms with Gasteiger partial charge in [0.25, 0.3) is 0 Å². The highest BCUT2D eigenvalue weighted by Gasteiger charge is 2.18. The lowest BCUT2D eigenvalue weighted by Crippen LogP contribution is -2.35. The summed E-state index contributed by atoms with van der Waals surface area (Å²) in [5.41, 5.74) is 1.06. The average molecular weight is 324 g/mol. The van der Waals surface area contributed by atoms with Gasteiger partial charge >= 0.3 is 0 Å². The predicted molar refractivity (Wildman–Crippen MR) is 90.5 cm³/mol. The molecule has 5 heteroatoms. The van der Waals surface area contributed by atoms with Crippen LogP contribution in [-0.4, -0.2) is 39.5 Å². The number of hydrogen-bond acceptors (Lipinski definition) is 3. The van der Waals surface area contributed by atoms with Gasteiger partial charge in [-0.1, -0.05) is 37.0 Å². The Kier molecular flexibility index (Phi) is 6.41. The number of rotatable bonds is 7. The fraction of sp³-hybridized carbons (Fsp3) is 0.647. The molecule has 0 bridgehead atoms. The summed E-state index contributed by atoms with van der Waals surface area (Å²) in [7, 11) is -1.21. The van der Waals surface area contributed by atoms with Crippen molar-refractivity contribution in [2.45, 2.75) is 56.4 Å². The first-order valence-corrected chi connectivity index (χ1v) is 9.74. The second-order valence-corrected chi connectivity index (χ2v) is 8.10. The molecule has 0 amide bonds. The van der Waals surface area contributed by atoms with Crippen LogP contribution >= 0.6 is 0 Å². The molecule has 22 heavy (non-hydrogen) atoms. The summed E-state index contributed by atoms with van der Waals surface area (Å²) in [6, 6.07) is 7.65. The highest BCUT2D eigenvalue weighted by molar-refractivity contribution is 7.89. The predicted octanol–water partition coefficient (Wildman–Crippen LogP) is 2.93. The Hall–Kier alpha value is -0.910. The van der Waals surface area contributed by atoms with Crippen molar-refractivity contribution >= 4 is 10.0 Å². The third-order valence-corrected chi connectivity index (χ3v) is 5.99. The van der Waals surface area contributed by atoms with Crippen LogP contribution in [0.25, 0.3) is 0 Å². The van der Waals surface area contributed by atoms with Crippen LogP contribution in [0.15, 0.2) is 29.2 Å². The molecule has 1 aromatic carbocycles. The fourth-order valence-electron chi connectivity index (χ4n) is 3.04. The molecule has 1 aromatic rings. The summed E-state index contributed by atoms with van der Waals surface area (Å²) in [5.74, 6) is 0. The first-order valence-electron chi connectivity index (χ1n) is 8.25. The summed E-state index contributed by atoms with van der Waals surface area (Å²) in [5, 5.41) is 0. The largest absolute Gasteiger partial charge is 0.303 e. The van der Waals surface area contributed by atoms with Gasteiger partial charge in [0.1, 0.15) is 0 Å². The number of hydrogen-bond donors (Lipinski definition) is 1. The van der Waals surface area contributed by atoms with Gasteiger partial charge in [0.2, 0.25) is 10.0 Å². The molecule has 1 N–H and O–H groups in total. The first kappa shape index (κ1) is 17.4. The molecule has 1 aliphatic rings. The Morgan fingerprint density at radius 3 is 2.41 bits per heavy atom. The van der Waals surface area contributed by atoms with E-state index < -0.39 is 10.0 Å². The van der Waals surface area contributed by atoms with Gasteiger partial charge in [0.05, 0.1) is 4.90 Å². The van der Waals surface area contributed by atoms with Crippen LogP contribution in [0, 0.1) is 6.92 Å². The fourth-order valence-corrected chi connectivity index (χ4v) is 4.11. The molecule has 0 heterocycles. The molecule has 4 nitrogen and oxygen atoms in total. The molecule has 0 spiro atoms. The van der Waals surface area contributed by atoms with Crippen LogP contribution in [-0.2, 0) is 10.0 Å². The minimum absolute atomic E-state index is 0.346. The zero-order chi connectivity index (χ0) is 16.0. The van der Waals surface area contributed by atoms with E-state index in [-0.39, 0.29) is 0 Å². The smallest absolute Gasteiger partial charge is 0.240 e. The van der Waals surface area contributed by atoms with E-state index in [1.807, 2.05) is 19.1 Å². The van der Waals surface area contributed by atoms with E-state index in [9.17, 15) is 8.42 Å². The maximum Gasteiger partial charge on any atom is 0.240 e. The molecule has 1 saturated carbocycles. The van der Waals surface area contributed by atoms with E-state index in [1.54, 1.807) is 12.1 Å². The molecule has 0 radical (unpaired) electrons. The van der Waals surface area contributed by atoms with E-state index in [4.69, 9.17) is 0 Å². The van der Waals surface area contributed by atoms with E-state index in [2.05, 4.69) is 16.7 Å². The molecule has 2 rings (SSSR count). The second-order valence-electron chi connectivity index (χ2n) is 6.34. The molecule has 0 aliphatic heterocycles. The summed E-state index contributed by atoms with van der Waals surface area (Å²) < 4.78 is 27.0. The van der Waals surface area contributed by atoms with Crippen LogP contribution in [0.3, 0.4) is 0 Å². The lowest BCUT2D eigenvalue weighted by atomic mass is 9.94. The Balaban J connectivity index is 1.74. The third kappa shape index (κ3) is 5.07. The van der Waals surface area contributed by atoms with Gasteiger partial charge in [0, 0.05) is 12.6 Å². The summed E-state index contributed by atoms with van der Waals surface area (Å²) in [4.78, 5) is 2.73. The van der Waals surface area contributed by atoms with Gasteiger partial charge in [-0.2, -0.15) is 0 Å². The molecule has 1 aliphatic carbocycles. The summed E-state index contributed by atoms with van der Waals surface area (Å²) >= 11 is 0. The van der Waals surface area contributed by atoms with Crippen LogP contribution in [0.1, 0.15) is 44.1 Å². The summed E-state index contributed by atoms with van der Waals surface area (Å²) in [6.07, 6.45) is 7.43. The van der Waals surface area contributed by atoms with Gasteiger partial charge in [-0.15, -0.1) is 0 Å². The first-order chi connectivity index (χ1) is 10.5. The molecule has 0 saturated heterocycles. The molecule has 0 unspecified atom stereocenters. The molecule has 0 atom stereocenters. The van der Waals surface area contributed by atoms with E-state index in [1.165, 1.54) is 32.1 Å². The number of benzene rings is 1. The zero-order valence-electron chi connectivity index (χ0n) is 13.7. The van der Waals surface area contributed by atoms with Crippen molar-refractivity contribution in [1.82, 2.24) is 9.62 Å². The van der Waals surface area contributed by atoms with Crippen molar-refractivity contribution in [3.05, 3.63) is 29.8 Å². The van der Waals surface area contributed by atoms with E-state index in [0.717, 1.165) is 18.5 Å². The molecule has 0 aromatic heterocycles. The van der Waals surface area contributed by atoms with Crippen molar-refractivity contribution in [3.8, 4) is 0 Å². The minimum Gasteiger partial charge on any atom is -0.303 e. The highest BCUT2D eigenvalue weighted by Crippen LogP contribution is 2.21. The Bertz CT molecular complexity index is 549. The van der Waals surface area contributed by atoms with Crippen LogP contribution in [0.5, 0.6) is 0 Å². The van der Waals surface area contributed by atoms with Gasteiger partial charge in [-0.3, -0.25) is 0 Å². The van der Waals surface area contributed by atoms with Crippen molar-refractivity contribution in [2.24, 2.45) is 0 Å². The minimum atomic E-state index is -3.37. The van der Waals surface area contributed by atoms with E-state index in [0.29, 0.717) is 17.5 Å². The quantitative estimate of drug-likeness (QED) is 0.785. The van der Waals surface area contributed by atoms with Crippen molar-refractivity contribution in [3.63, 3.8) is 0 Å². The lowest BCUT2D eigenvalue weighted by molar-refractivity contribution is 0.190. The van der Waals surface area contributed by atoms with Crippen LogP contribution < -0.4 is 4.72 Å². The van der Waals surface area contributed by atoms with Crippen molar-refractivity contribution in [1.29, 1.82) is 0 Å². The third-order valence-electron chi connectivity index (χ3n) is 4.51. The number of nitrogens with one attached hydrogen (secondary N) is 1. The highest BCUT2D eigenvalue weighted by atomic mass is 32.2. The van der Waals surface area contributed by atoms with Gasteiger partial charge < -0.3 is 4.90 Å². The number of aryl methyl sites for hydroxylation is 1. The second kappa shape index (κ2) is 8.09. The van der Waals surface area contributed by atoms with Crippen LogP contribution in [0.2, 0.25) is 0 Å². The topological polar surface area (TPSA) is 49.4 Å². The molecular weight excluding hydrogens is 296 g/mol. The monoisotopic (exact) mass is 324 g/mol. The van der Waals surface area contributed by atoms with Gasteiger partial charge in [-0.25, -0.2) is 13.1 Å². The van der Waals surface area contributed by atoms with Crippen LogP contribution in [0.4, 0.5) is 0 Å². The lowest BCUT2D eigenvalue weighted by Gasteiger charge is -2.31. The number of sulfonamides is 1. The standard InChI is InChI=1S/C17H28N2O2S/c1-15-9-11-17(12-10-15)22(20,21)18-13-6-14-19(2)16-7-4-3-5-8-16/h9-12,16,18H,3-8,13-14H2,1-2H3. The van der Waals surface area contributed by atoms with Gasteiger partial charge in [0.15, 0.2) is 0 Å².